The largest absolute Gasteiger partial charge is 0.387 e. The van der Waals surface area contributed by atoms with Crippen LogP contribution in [0.5, 0.6) is 0 Å². The summed E-state index contributed by atoms with van der Waals surface area (Å²) in [5.41, 5.74) is 6.57. The third-order valence-corrected chi connectivity index (χ3v) is 6.36. The van der Waals surface area contributed by atoms with Crippen molar-refractivity contribution in [3.8, 4) is 11.1 Å². The molecule has 176 valence electrons. The molecule has 0 unspecified atom stereocenters. The number of hydrogen-bond donors (Lipinski definition) is 3. The first kappa shape index (κ1) is 21.1. The van der Waals surface area contributed by atoms with E-state index in [1.165, 1.54) is 0 Å². The molecule has 0 spiro atoms. The average Bonchev–Trinajstić information content (AvgIpc) is 3.58. The molecule has 0 radical (unpaired) electrons. The summed E-state index contributed by atoms with van der Waals surface area (Å²) in [4.78, 5) is 32.4. The maximum Gasteiger partial charge on any atom is 0.248 e. The number of carbonyl (C=O) groups excluding carboxylic acids is 1. The van der Waals surface area contributed by atoms with Gasteiger partial charge in [0.25, 0.3) is 0 Å². The highest BCUT2D eigenvalue weighted by atomic mass is 16.3. The van der Waals surface area contributed by atoms with Crippen molar-refractivity contribution in [2.24, 2.45) is 0 Å². The number of fused-ring (bicyclic) bond motifs is 2. The van der Waals surface area contributed by atoms with Crippen molar-refractivity contribution >= 4 is 39.8 Å². The van der Waals surface area contributed by atoms with Gasteiger partial charge in [-0.15, -0.1) is 0 Å². The van der Waals surface area contributed by atoms with Gasteiger partial charge in [-0.25, -0.2) is 9.97 Å². The number of anilines is 3. The van der Waals surface area contributed by atoms with Crippen molar-refractivity contribution in [3.63, 3.8) is 0 Å². The number of pyridine rings is 3. The van der Waals surface area contributed by atoms with Gasteiger partial charge in [-0.2, -0.15) is 0 Å². The Morgan fingerprint density at radius 2 is 1.91 bits per heavy atom. The second-order valence-electron chi connectivity index (χ2n) is 8.49. The van der Waals surface area contributed by atoms with Gasteiger partial charge in [0.2, 0.25) is 5.91 Å². The van der Waals surface area contributed by atoms with E-state index in [0.29, 0.717) is 32.0 Å². The molecule has 3 N–H and O–H groups in total. The minimum absolute atomic E-state index is 0.224. The molecule has 1 aliphatic heterocycles. The molecule has 6 heterocycles. The molecule has 0 bridgehead atoms. The molecule has 0 atom stereocenters. The summed E-state index contributed by atoms with van der Waals surface area (Å²) in [5.74, 6) is 0.487. The summed E-state index contributed by atoms with van der Waals surface area (Å²) in [7, 11) is 0. The Balaban J connectivity index is 1.23. The quantitative estimate of drug-likeness (QED) is 0.363. The summed E-state index contributed by atoms with van der Waals surface area (Å²) >= 11 is 0. The van der Waals surface area contributed by atoms with E-state index in [1.807, 2.05) is 53.6 Å². The van der Waals surface area contributed by atoms with Crippen LogP contribution in [-0.4, -0.2) is 73.0 Å². The monoisotopic (exact) mass is 468 g/mol. The van der Waals surface area contributed by atoms with Gasteiger partial charge in [0, 0.05) is 68.3 Å². The number of aliphatic hydroxyl groups excluding tert-OH is 1. The zero-order valence-corrected chi connectivity index (χ0v) is 18.9. The van der Waals surface area contributed by atoms with E-state index >= 15 is 0 Å². The van der Waals surface area contributed by atoms with Gasteiger partial charge >= 0.3 is 0 Å². The number of amides is 1. The molecule has 10 nitrogen and oxygen atoms in total. The lowest BCUT2D eigenvalue weighted by molar-refractivity contribution is -0.134. The van der Waals surface area contributed by atoms with Crippen molar-refractivity contribution in [2.75, 3.05) is 43.0 Å². The number of aliphatic hydroxyl groups is 1. The number of piperazine rings is 1. The van der Waals surface area contributed by atoms with E-state index < -0.39 is 6.61 Å². The van der Waals surface area contributed by atoms with E-state index in [0.717, 1.165) is 39.2 Å². The summed E-state index contributed by atoms with van der Waals surface area (Å²) < 4.78 is 1.98. The Morgan fingerprint density at radius 1 is 1.03 bits per heavy atom. The summed E-state index contributed by atoms with van der Waals surface area (Å²) in [5, 5.41) is 12.5. The van der Waals surface area contributed by atoms with Gasteiger partial charge in [0.1, 0.15) is 12.4 Å². The topological polar surface area (TPSA) is 115 Å². The average molecular weight is 469 g/mol. The van der Waals surface area contributed by atoms with E-state index in [-0.39, 0.29) is 5.91 Å². The van der Waals surface area contributed by atoms with E-state index in [1.54, 1.807) is 11.1 Å². The highest BCUT2D eigenvalue weighted by Crippen LogP contribution is 2.29. The Morgan fingerprint density at radius 3 is 2.71 bits per heavy atom. The van der Waals surface area contributed by atoms with E-state index in [4.69, 9.17) is 5.11 Å². The van der Waals surface area contributed by atoms with Crippen LogP contribution in [0.3, 0.4) is 0 Å². The molecule has 1 aliphatic rings. The highest BCUT2D eigenvalue weighted by molar-refractivity contribution is 5.84. The number of aromatic nitrogens is 5. The van der Waals surface area contributed by atoms with Gasteiger partial charge in [-0.3, -0.25) is 9.78 Å². The first-order valence-corrected chi connectivity index (χ1v) is 11.4. The molecule has 1 amide bonds. The number of hydrogen-bond acceptors (Lipinski definition) is 7. The second-order valence-corrected chi connectivity index (χ2v) is 8.49. The lowest BCUT2D eigenvalue weighted by atomic mass is 10.1. The minimum Gasteiger partial charge on any atom is -0.387 e. The third-order valence-electron chi connectivity index (χ3n) is 6.36. The first-order valence-electron chi connectivity index (χ1n) is 11.4. The van der Waals surface area contributed by atoms with Gasteiger partial charge in [-0.05, 0) is 30.3 Å². The van der Waals surface area contributed by atoms with Crippen LogP contribution < -0.4 is 10.2 Å². The SMILES string of the molecule is O=C(CO)N1CCN(c2ccc(Nc3cc(-c4cnc5cc[nH]c5c4)cn4ccnc34)nc2)CC1. The van der Waals surface area contributed by atoms with Crippen LogP contribution in [0.15, 0.2) is 67.5 Å². The van der Waals surface area contributed by atoms with Gasteiger partial charge < -0.3 is 29.6 Å². The molecular weight excluding hydrogens is 444 g/mol. The molecule has 35 heavy (non-hydrogen) atoms. The van der Waals surface area contributed by atoms with Crippen molar-refractivity contribution < 1.29 is 9.90 Å². The first-order chi connectivity index (χ1) is 17.2. The molecule has 0 saturated carbocycles. The van der Waals surface area contributed by atoms with Crippen LogP contribution in [0.25, 0.3) is 27.8 Å². The maximum atomic E-state index is 11.7. The van der Waals surface area contributed by atoms with Crippen LogP contribution in [0.1, 0.15) is 0 Å². The molecule has 5 aromatic rings. The Kier molecular flexibility index (Phi) is 5.27. The number of carbonyl (C=O) groups is 1. The normalized spacial score (nSPS) is 14.1. The number of H-pyrrole nitrogens is 1. The van der Waals surface area contributed by atoms with Crippen LogP contribution in [0.2, 0.25) is 0 Å². The highest BCUT2D eigenvalue weighted by Gasteiger charge is 2.20. The molecule has 1 fully saturated rings. The Bertz CT molecular complexity index is 1500. The van der Waals surface area contributed by atoms with Gasteiger partial charge in [-0.1, -0.05) is 0 Å². The van der Waals surface area contributed by atoms with Crippen molar-refractivity contribution in [3.05, 3.63) is 67.5 Å². The number of nitrogens with one attached hydrogen (secondary N) is 2. The van der Waals surface area contributed by atoms with Crippen LogP contribution in [-0.2, 0) is 4.79 Å². The fraction of sp³-hybridized carbons (Fsp3) is 0.200. The predicted octanol–water partition coefficient (Wildman–Crippen LogP) is 2.66. The number of aromatic amines is 1. The lowest BCUT2D eigenvalue weighted by Gasteiger charge is -2.35. The van der Waals surface area contributed by atoms with Crippen LogP contribution >= 0.6 is 0 Å². The Labute approximate surface area is 200 Å². The maximum absolute atomic E-state index is 11.7. The molecule has 0 aliphatic carbocycles. The number of imidazole rings is 1. The smallest absolute Gasteiger partial charge is 0.248 e. The molecular formula is C25H24N8O2. The zero-order chi connectivity index (χ0) is 23.8. The minimum atomic E-state index is -0.440. The molecule has 6 rings (SSSR count). The molecule has 1 saturated heterocycles. The third kappa shape index (κ3) is 4.04. The second kappa shape index (κ2) is 8.73. The summed E-state index contributed by atoms with van der Waals surface area (Å²) in [6.07, 6.45) is 11.3. The van der Waals surface area contributed by atoms with Gasteiger partial charge in [0.15, 0.2) is 5.65 Å². The molecule has 5 aromatic heterocycles. The van der Waals surface area contributed by atoms with Crippen LogP contribution in [0.4, 0.5) is 17.2 Å². The fourth-order valence-electron chi connectivity index (χ4n) is 4.47. The molecule has 10 heteroatoms. The Hall–Kier alpha value is -4.44. The summed E-state index contributed by atoms with van der Waals surface area (Å²) in [6.45, 7) is 2.15. The van der Waals surface area contributed by atoms with Crippen LogP contribution in [0, 0.1) is 0 Å². The van der Waals surface area contributed by atoms with Crippen molar-refractivity contribution in [1.29, 1.82) is 0 Å². The fourth-order valence-corrected chi connectivity index (χ4v) is 4.47. The standard InChI is InChI=1S/C25H24N8O2/c34-16-24(35)32-9-7-31(8-10-32)19-1-2-23(29-14-19)30-22-12-18(15-33-6-5-27-25(22)33)17-11-21-20(28-13-17)3-4-26-21/h1-6,11-15,26,34H,7-10,16H2,(H,29,30). The number of nitrogens with zero attached hydrogens (tertiary/aromatic N) is 6. The zero-order valence-electron chi connectivity index (χ0n) is 18.9. The van der Waals surface area contributed by atoms with Gasteiger partial charge in [0.05, 0.1) is 28.6 Å². The van der Waals surface area contributed by atoms with Crippen molar-refractivity contribution in [1.82, 2.24) is 29.2 Å². The summed E-state index contributed by atoms with van der Waals surface area (Å²) in [6, 6.07) is 10.1. The molecule has 0 aromatic carbocycles. The lowest BCUT2D eigenvalue weighted by Crippen LogP contribution is -2.49. The predicted molar refractivity (Wildman–Crippen MR) is 134 cm³/mol. The van der Waals surface area contributed by atoms with Crippen molar-refractivity contribution in [2.45, 2.75) is 0 Å². The number of rotatable bonds is 5. The van der Waals surface area contributed by atoms with E-state index in [2.05, 4.69) is 42.3 Å². The van der Waals surface area contributed by atoms with E-state index in [9.17, 15) is 4.79 Å².